The van der Waals surface area contributed by atoms with Gasteiger partial charge in [0.05, 0.1) is 5.69 Å². The van der Waals surface area contributed by atoms with E-state index in [1.54, 1.807) is 0 Å². The van der Waals surface area contributed by atoms with Gasteiger partial charge in [0, 0.05) is 10.7 Å². The smallest absolute Gasteiger partial charge is 0.263 e. The maximum atomic E-state index is 13.1. The Morgan fingerprint density at radius 3 is 2.63 bits per heavy atom. The number of sulfonamides is 1. The number of pyridine rings is 1. The third kappa shape index (κ3) is 3.43. The summed E-state index contributed by atoms with van der Waals surface area (Å²) in [6, 6.07) is 6.37. The molecule has 8 heteroatoms. The Bertz CT molecular complexity index is 707. The molecule has 1 aromatic carbocycles. The lowest BCUT2D eigenvalue weighted by Crippen LogP contribution is -2.13. The summed E-state index contributed by atoms with van der Waals surface area (Å²) in [7, 11) is -3.84. The van der Waals surface area contributed by atoms with Crippen LogP contribution in [0.15, 0.2) is 45.9 Å². The Morgan fingerprint density at radius 1 is 1.26 bits per heavy atom. The first-order valence-corrected chi connectivity index (χ1v) is 7.63. The van der Waals surface area contributed by atoms with Crippen LogP contribution < -0.4 is 4.72 Å². The molecule has 2 rings (SSSR count). The van der Waals surface area contributed by atoms with E-state index in [9.17, 15) is 12.8 Å². The van der Waals surface area contributed by atoms with Crippen molar-refractivity contribution in [3.05, 3.63) is 52.0 Å². The number of hydrogen-bond donors (Lipinski definition) is 1. The number of anilines is 1. The number of rotatable bonds is 3. The average Bonchev–Trinajstić information content (AvgIpc) is 2.34. The van der Waals surface area contributed by atoms with Gasteiger partial charge in [0.1, 0.15) is 15.9 Å². The van der Waals surface area contributed by atoms with Gasteiger partial charge in [0.15, 0.2) is 0 Å². The van der Waals surface area contributed by atoms with Gasteiger partial charge in [-0.1, -0.05) is 11.6 Å². The highest BCUT2D eigenvalue weighted by molar-refractivity contribution is 9.10. The molecule has 0 unspecified atom stereocenters. The highest BCUT2D eigenvalue weighted by atomic mass is 79.9. The van der Waals surface area contributed by atoms with E-state index in [2.05, 4.69) is 25.6 Å². The molecule has 0 fully saturated rings. The van der Waals surface area contributed by atoms with E-state index in [-0.39, 0.29) is 15.7 Å². The van der Waals surface area contributed by atoms with Crippen molar-refractivity contribution in [3.8, 4) is 0 Å². The van der Waals surface area contributed by atoms with Crippen LogP contribution in [-0.2, 0) is 10.0 Å². The molecule has 1 heterocycles. The third-order valence-electron chi connectivity index (χ3n) is 2.18. The van der Waals surface area contributed by atoms with Gasteiger partial charge >= 0.3 is 0 Å². The number of halogens is 3. The van der Waals surface area contributed by atoms with Crippen LogP contribution in [0.1, 0.15) is 0 Å². The van der Waals surface area contributed by atoms with E-state index in [1.165, 1.54) is 24.3 Å². The Hall–Kier alpha value is -1.18. The number of aromatic nitrogens is 1. The molecule has 0 radical (unpaired) electrons. The van der Waals surface area contributed by atoms with Gasteiger partial charge in [-0.15, -0.1) is 0 Å². The molecule has 2 aromatic rings. The molecule has 100 valence electrons. The summed E-state index contributed by atoms with van der Waals surface area (Å²) in [5, 5.41) is 0.186. The van der Waals surface area contributed by atoms with Crippen molar-refractivity contribution in [1.82, 2.24) is 4.98 Å². The fraction of sp³-hybridized carbons (Fsp3) is 0. The van der Waals surface area contributed by atoms with Crippen LogP contribution in [0.5, 0.6) is 0 Å². The first-order valence-electron chi connectivity index (χ1n) is 4.98. The fourth-order valence-corrected chi connectivity index (χ4v) is 2.90. The number of nitrogens with one attached hydrogen (secondary N) is 1. The number of benzene rings is 1. The quantitative estimate of drug-likeness (QED) is 0.848. The van der Waals surface area contributed by atoms with Gasteiger partial charge in [-0.3, -0.25) is 4.72 Å². The van der Waals surface area contributed by atoms with E-state index < -0.39 is 15.8 Å². The molecule has 4 nitrogen and oxygen atoms in total. The highest BCUT2D eigenvalue weighted by Gasteiger charge is 2.16. The Kier molecular flexibility index (Phi) is 4.07. The van der Waals surface area contributed by atoms with Crippen molar-refractivity contribution in [3.63, 3.8) is 0 Å². The molecular weight excluding hydrogens is 359 g/mol. The van der Waals surface area contributed by atoms with Crippen molar-refractivity contribution in [2.45, 2.75) is 4.90 Å². The molecule has 0 saturated heterocycles. The first-order chi connectivity index (χ1) is 8.88. The second-order valence-electron chi connectivity index (χ2n) is 3.55. The summed E-state index contributed by atoms with van der Waals surface area (Å²) in [5.74, 6) is -0.546. The minimum Gasteiger partial charge on any atom is -0.278 e. The summed E-state index contributed by atoms with van der Waals surface area (Å²) in [6.45, 7) is 0. The zero-order valence-electron chi connectivity index (χ0n) is 9.27. The Labute approximate surface area is 122 Å². The normalized spacial score (nSPS) is 11.3. The van der Waals surface area contributed by atoms with Crippen LogP contribution in [0.2, 0.25) is 5.15 Å². The van der Waals surface area contributed by atoms with Gasteiger partial charge in [0.25, 0.3) is 10.0 Å². The average molecular weight is 366 g/mol. The lowest BCUT2D eigenvalue weighted by molar-refractivity contribution is 0.600. The second kappa shape index (κ2) is 5.44. The summed E-state index contributed by atoms with van der Waals surface area (Å²) in [4.78, 5) is 3.63. The summed E-state index contributed by atoms with van der Waals surface area (Å²) >= 11 is 8.72. The fourth-order valence-electron chi connectivity index (χ4n) is 1.30. The molecule has 0 spiro atoms. The van der Waals surface area contributed by atoms with E-state index in [4.69, 9.17) is 11.6 Å². The molecule has 0 saturated carbocycles. The molecule has 0 amide bonds. The van der Waals surface area contributed by atoms with Gasteiger partial charge in [0.2, 0.25) is 0 Å². The maximum absolute atomic E-state index is 13.1. The minimum absolute atomic E-state index is 0.0620. The standard InChI is InChI=1S/C11H7BrClFN2O2S/c12-9-3-1-7(14)5-10(9)16-19(17,18)8-2-4-11(13)15-6-8/h1-6,16H. The molecule has 0 bridgehead atoms. The summed E-state index contributed by atoms with van der Waals surface area (Å²) < 4.78 is 39.9. The van der Waals surface area contributed by atoms with Gasteiger partial charge in [-0.2, -0.15) is 0 Å². The van der Waals surface area contributed by atoms with Crippen LogP contribution in [0, 0.1) is 5.82 Å². The predicted octanol–water partition coefficient (Wildman–Crippen LogP) is 3.44. The second-order valence-corrected chi connectivity index (χ2v) is 6.47. The van der Waals surface area contributed by atoms with E-state index in [0.717, 1.165) is 12.3 Å². The largest absolute Gasteiger partial charge is 0.278 e. The van der Waals surface area contributed by atoms with Crippen molar-refractivity contribution >= 4 is 43.2 Å². The van der Waals surface area contributed by atoms with Crippen molar-refractivity contribution in [2.75, 3.05) is 4.72 Å². The van der Waals surface area contributed by atoms with Crippen molar-refractivity contribution in [2.24, 2.45) is 0 Å². The molecule has 1 aromatic heterocycles. The molecular formula is C11H7BrClFN2O2S. The SMILES string of the molecule is O=S(=O)(Nc1cc(F)ccc1Br)c1ccc(Cl)nc1. The first kappa shape index (κ1) is 14.2. The van der Waals surface area contributed by atoms with Gasteiger partial charge in [-0.05, 0) is 46.3 Å². The Balaban J connectivity index is 2.36. The van der Waals surface area contributed by atoms with E-state index >= 15 is 0 Å². The topological polar surface area (TPSA) is 59.1 Å². The van der Waals surface area contributed by atoms with Crippen molar-refractivity contribution in [1.29, 1.82) is 0 Å². The lowest BCUT2D eigenvalue weighted by atomic mass is 10.3. The van der Waals surface area contributed by atoms with Crippen LogP contribution in [0.25, 0.3) is 0 Å². The maximum Gasteiger partial charge on any atom is 0.263 e. The van der Waals surface area contributed by atoms with Gasteiger partial charge in [-0.25, -0.2) is 17.8 Å². The predicted molar refractivity (Wildman–Crippen MR) is 74.2 cm³/mol. The van der Waals surface area contributed by atoms with E-state index in [1.807, 2.05) is 0 Å². The minimum atomic E-state index is -3.84. The van der Waals surface area contributed by atoms with Crippen molar-refractivity contribution < 1.29 is 12.8 Å². The zero-order chi connectivity index (χ0) is 14.0. The van der Waals surface area contributed by atoms with Crippen LogP contribution >= 0.6 is 27.5 Å². The summed E-state index contributed by atoms with van der Waals surface area (Å²) in [5.41, 5.74) is 0.106. The third-order valence-corrected chi connectivity index (χ3v) is 4.45. The number of nitrogens with zero attached hydrogens (tertiary/aromatic N) is 1. The summed E-state index contributed by atoms with van der Waals surface area (Å²) in [6.07, 6.45) is 1.12. The molecule has 19 heavy (non-hydrogen) atoms. The molecule has 0 aliphatic heterocycles. The molecule has 1 N–H and O–H groups in total. The lowest BCUT2D eigenvalue weighted by Gasteiger charge is -2.09. The van der Waals surface area contributed by atoms with Crippen LogP contribution in [-0.4, -0.2) is 13.4 Å². The van der Waals surface area contributed by atoms with Crippen LogP contribution in [0.3, 0.4) is 0 Å². The van der Waals surface area contributed by atoms with Gasteiger partial charge < -0.3 is 0 Å². The number of hydrogen-bond acceptors (Lipinski definition) is 3. The monoisotopic (exact) mass is 364 g/mol. The zero-order valence-corrected chi connectivity index (χ0v) is 12.4. The van der Waals surface area contributed by atoms with Crippen LogP contribution in [0.4, 0.5) is 10.1 Å². The molecule has 0 atom stereocenters. The molecule has 0 aliphatic carbocycles. The van der Waals surface area contributed by atoms with E-state index in [0.29, 0.717) is 4.47 Å². The molecule has 0 aliphatic rings. The Morgan fingerprint density at radius 2 is 2.00 bits per heavy atom. The highest BCUT2D eigenvalue weighted by Crippen LogP contribution is 2.25.